The van der Waals surface area contributed by atoms with Crippen LogP contribution in [0.15, 0.2) is 78.9 Å². The summed E-state index contributed by atoms with van der Waals surface area (Å²) in [5.41, 5.74) is 3.56. The molecule has 0 aromatic heterocycles. The van der Waals surface area contributed by atoms with E-state index in [0.717, 1.165) is 36.8 Å². The van der Waals surface area contributed by atoms with Gasteiger partial charge in [-0.25, -0.2) is 0 Å². The summed E-state index contributed by atoms with van der Waals surface area (Å²) in [6.07, 6.45) is 5.39. The standard InChI is InChI=1S/C30H28N2O3/c33-28-24-17-9-10-18-25(24)29(34)31(28)19-26-22-15-7-8-16-23(22)30(35)32(21-13-5-2-6-14-21)27(26)20-11-3-1-4-12-20/h1,3-4,7-12,15-18,21,26-27H,2,5-6,13-14,19H2/t26-,27+/m1/s1. The minimum absolute atomic E-state index is 0.0555. The number of hydrogen-bond donors (Lipinski definition) is 0. The second-order valence-electron chi connectivity index (χ2n) is 9.82. The lowest BCUT2D eigenvalue weighted by Crippen LogP contribution is -2.51. The van der Waals surface area contributed by atoms with Crippen LogP contribution in [0.2, 0.25) is 0 Å². The van der Waals surface area contributed by atoms with Crippen LogP contribution < -0.4 is 0 Å². The summed E-state index contributed by atoms with van der Waals surface area (Å²) in [6.45, 7) is 0.236. The summed E-state index contributed by atoms with van der Waals surface area (Å²) >= 11 is 0. The van der Waals surface area contributed by atoms with E-state index in [1.165, 1.54) is 11.3 Å². The van der Waals surface area contributed by atoms with Gasteiger partial charge in [0.1, 0.15) is 0 Å². The van der Waals surface area contributed by atoms with Gasteiger partial charge in [-0.2, -0.15) is 0 Å². The molecule has 1 saturated carbocycles. The number of carbonyl (C=O) groups is 3. The molecule has 5 nitrogen and oxygen atoms in total. The van der Waals surface area contributed by atoms with Gasteiger partial charge in [0.25, 0.3) is 17.7 Å². The van der Waals surface area contributed by atoms with E-state index < -0.39 is 0 Å². The zero-order valence-corrected chi connectivity index (χ0v) is 19.6. The predicted octanol–water partition coefficient (Wildman–Crippen LogP) is 5.60. The molecule has 3 aromatic carbocycles. The fourth-order valence-electron chi connectivity index (χ4n) is 6.24. The van der Waals surface area contributed by atoms with Crippen LogP contribution in [-0.2, 0) is 0 Å². The van der Waals surface area contributed by atoms with Crippen LogP contribution in [0.4, 0.5) is 0 Å². The summed E-state index contributed by atoms with van der Waals surface area (Å²) in [4.78, 5) is 44.1. The highest BCUT2D eigenvalue weighted by molar-refractivity contribution is 6.21. The highest BCUT2D eigenvalue weighted by Gasteiger charge is 2.46. The quantitative estimate of drug-likeness (QED) is 0.473. The summed E-state index contributed by atoms with van der Waals surface area (Å²) in [5.74, 6) is -0.664. The third-order valence-corrected chi connectivity index (χ3v) is 7.87. The average molecular weight is 465 g/mol. The lowest BCUT2D eigenvalue weighted by molar-refractivity contribution is 0.0375. The van der Waals surface area contributed by atoms with Gasteiger partial charge in [0, 0.05) is 24.1 Å². The third kappa shape index (κ3) is 3.57. The molecule has 0 bridgehead atoms. The van der Waals surface area contributed by atoms with Crippen LogP contribution in [0.1, 0.15) is 86.3 Å². The molecule has 2 aliphatic heterocycles. The summed E-state index contributed by atoms with van der Waals surface area (Å²) in [5, 5.41) is 0. The number of amides is 3. The van der Waals surface area contributed by atoms with Crippen molar-refractivity contribution in [3.05, 3.63) is 107 Å². The van der Waals surface area contributed by atoms with E-state index in [0.29, 0.717) is 16.7 Å². The van der Waals surface area contributed by atoms with E-state index in [1.54, 1.807) is 24.3 Å². The highest BCUT2D eigenvalue weighted by atomic mass is 16.2. The smallest absolute Gasteiger partial charge is 0.261 e. The van der Waals surface area contributed by atoms with Gasteiger partial charge in [-0.15, -0.1) is 0 Å². The van der Waals surface area contributed by atoms with Gasteiger partial charge in [0.05, 0.1) is 17.2 Å². The van der Waals surface area contributed by atoms with Crippen molar-refractivity contribution in [1.29, 1.82) is 0 Å². The molecule has 2 heterocycles. The summed E-state index contributed by atoms with van der Waals surface area (Å²) < 4.78 is 0. The minimum Gasteiger partial charge on any atom is -0.328 e. The second kappa shape index (κ2) is 8.81. The lowest BCUT2D eigenvalue weighted by atomic mass is 9.77. The van der Waals surface area contributed by atoms with E-state index in [2.05, 4.69) is 17.0 Å². The number of imide groups is 1. The van der Waals surface area contributed by atoms with Gasteiger partial charge in [-0.1, -0.05) is 79.9 Å². The maximum Gasteiger partial charge on any atom is 0.261 e. The van der Waals surface area contributed by atoms with Gasteiger partial charge in [0.15, 0.2) is 0 Å². The Balaban J connectivity index is 1.47. The van der Waals surface area contributed by atoms with E-state index in [4.69, 9.17) is 0 Å². The molecular formula is C30H28N2O3. The first-order valence-electron chi connectivity index (χ1n) is 12.6. The Kier molecular flexibility index (Phi) is 5.48. The number of benzene rings is 3. The van der Waals surface area contributed by atoms with Crippen molar-refractivity contribution >= 4 is 17.7 Å². The molecule has 1 aliphatic carbocycles. The molecule has 0 N–H and O–H groups in total. The van der Waals surface area contributed by atoms with Crippen molar-refractivity contribution < 1.29 is 14.4 Å². The molecule has 3 aliphatic rings. The highest BCUT2D eigenvalue weighted by Crippen LogP contribution is 2.46. The Hall–Kier alpha value is -3.73. The molecule has 1 fully saturated rings. The van der Waals surface area contributed by atoms with Crippen molar-refractivity contribution in [2.24, 2.45) is 0 Å². The zero-order chi connectivity index (χ0) is 23.9. The first-order valence-corrected chi connectivity index (χ1v) is 12.6. The topological polar surface area (TPSA) is 57.7 Å². The molecule has 0 saturated heterocycles. The van der Waals surface area contributed by atoms with Crippen LogP contribution in [0.3, 0.4) is 0 Å². The van der Waals surface area contributed by atoms with Crippen molar-refractivity contribution in [1.82, 2.24) is 9.80 Å². The molecule has 3 amide bonds. The molecule has 176 valence electrons. The fraction of sp³-hybridized carbons (Fsp3) is 0.300. The largest absolute Gasteiger partial charge is 0.328 e. The van der Waals surface area contributed by atoms with E-state index >= 15 is 0 Å². The molecule has 6 rings (SSSR count). The summed E-state index contributed by atoms with van der Waals surface area (Å²) in [6, 6.07) is 24.8. The third-order valence-electron chi connectivity index (χ3n) is 7.87. The maximum atomic E-state index is 14.0. The van der Waals surface area contributed by atoms with E-state index in [-0.39, 0.29) is 42.3 Å². The van der Waals surface area contributed by atoms with Gasteiger partial charge in [-0.05, 0) is 42.2 Å². The molecule has 0 unspecified atom stereocenters. The molecule has 0 spiro atoms. The fourth-order valence-corrected chi connectivity index (χ4v) is 6.24. The van der Waals surface area contributed by atoms with Gasteiger partial charge in [-0.3, -0.25) is 19.3 Å². The Labute approximate surface area is 205 Å². The SMILES string of the molecule is O=C1c2ccccc2C(=O)N1C[C@@H]1c2ccccc2C(=O)N(C2CCCCC2)[C@H]1c1ccccc1. The van der Waals surface area contributed by atoms with Gasteiger partial charge in [0.2, 0.25) is 0 Å². The minimum atomic E-state index is -0.254. The zero-order valence-electron chi connectivity index (χ0n) is 19.6. The van der Waals surface area contributed by atoms with Crippen LogP contribution in [-0.4, -0.2) is 40.1 Å². The molecule has 3 aromatic rings. The van der Waals surface area contributed by atoms with Crippen molar-refractivity contribution in [2.45, 2.75) is 50.1 Å². The molecule has 0 radical (unpaired) electrons. The molecule has 35 heavy (non-hydrogen) atoms. The maximum absolute atomic E-state index is 14.0. The molecule has 5 heteroatoms. The van der Waals surface area contributed by atoms with Gasteiger partial charge < -0.3 is 4.90 Å². The van der Waals surface area contributed by atoms with Crippen molar-refractivity contribution in [3.8, 4) is 0 Å². The first-order chi connectivity index (χ1) is 17.1. The normalized spacial score (nSPS) is 22.3. The number of carbonyl (C=O) groups excluding carboxylic acids is 3. The second-order valence-corrected chi connectivity index (χ2v) is 9.82. The van der Waals surface area contributed by atoms with E-state index in [1.807, 2.05) is 42.5 Å². The summed E-state index contributed by atoms with van der Waals surface area (Å²) in [7, 11) is 0. The number of fused-ring (bicyclic) bond motifs is 2. The lowest BCUT2D eigenvalue weighted by Gasteiger charge is -2.48. The monoisotopic (exact) mass is 464 g/mol. The van der Waals surface area contributed by atoms with E-state index in [9.17, 15) is 14.4 Å². The van der Waals surface area contributed by atoms with Crippen LogP contribution in [0.25, 0.3) is 0 Å². The van der Waals surface area contributed by atoms with Crippen LogP contribution in [0.5, 0.6) is 0 Å². The Morgan fingerprint density at radius 1 is 0.629 bits per heavy atom. The molecule has 2 atom stereocenters. The van der Waals surface area contributed by atoms with Crippen molar-refractivity contribution in [2.75, 3.05) is 6.54 Å². The first kappa shape index (κ1) is 21.8. The predicted molar refractivity (Wildman–Crippen MR) is 133 cm³/mol. The Morgan fingerprint density at radius 3 is 1.86 bits per heavy atom. The molecular weight excluding hydrogens is 436 g/mol. The number of hydrogen-bond acceptors (Lipinski definition) is 3. The van der Waals surface area contributed by atoms with Crippen molar-refractivity contribution in [3.63, 3.8) is 0 Å². The Bertz CT molecular complexity index is 1260. The number of rotatable bonds is 4. The average Bonchev–Trinajstić information content (AvgIpc) is 3.16. The van der Waals surface area contributed by atoms with Crippen LogP contribution in [0, 0.1) is 0 Å². The number of nitrogens with zero attached hydrogens (tertiary/aromatic N) is 2. The Morgan fingerprint density at radius 2 is 1.20 bits per heavy atom. The van der Waals surface area contributed by atoms with Crippen LogP contribution >= 0.6 is 0 Å². The van der Waals surface area contributed by atoms with Gasteiger partial charge >= 0.3 is 0 Å².